The lowest BCUT2D eigenvalue weighted by Gasteiger charge is -2.26. The minimum atomic E-state index is -0.243. The van der Waals surface area contributed by atoms with E-state index in [-0.39, 0.29) is 11.7 Å². The summed E-state index contributed by atoms with van der Waals surface area (Å²) in [6, 6.07) is 4.37. The first kappa shape index (κ1) is 14.5. The second kappa shape index (κ2) is 7.03. The van der Waals surface area contributed by atoms with Crippen LogP contribution in [-0.4, -0.2) is 53.6 Å². The van der Waals surface area contributed by atoms with Crippen LogP contribution in [0.5, 0.6) is 5.75 Å². The highest BCUT2D eigenvalue weighted by atomic mass is 35.5. The van der Waals surface area contributed by atoms with Crippen molar-refractivity contribution in [3.05, 3.63) is 28.8 Å². The van der Waals surface area contributed by atoms with E-state index >= 15 is 0 Å². The van der Waals surface area contributed by atoms with Crippen LogP contribution in [-0.2, 0) is 0 Å². The van der Waals surface area contributed by atoms with Crippen molar-refractivity contribution in [2.75, 3.05) is 37.7 Å². The Bertz CT molecular complexity index is 450. The van der Waals surface area contributed by atoms with Gasteiger partial charge in [0.1, 0.15) is 5.75 Å². The monoisotopic (exact) mass is 300 g/mol. The number of thioether (sulfide) groups is 1. The van der Waals surface area contributed by atoms with Crippen molar-refractivity contribution >= 4 is 29.3 Å². The molecule has 0 atom stereocenters. The molecule has 0 radical (unpaired) electrons. The summed E-state index contributed by atoms with van der Waals surface area (Å²) in [7, 11) is 0. The molecule has 0 unspecified atom stereocenters. The fourth-order valence-corrected chi connectivity index (χ4v) is 3.12. The summed E-state index contributed by atoms with van der Waals surface area (Å²) in [4.78, 5) is 14.3. The van der Waals surface area contributed by atoms with E-state index in [1.165, 1.54) is 18.2 Å². The Morgan fingerprint density at radius 1 is 1.42 bits per heavy atom. The fraction of sp³-hybridized carbons (Fsp3) is 0.462. The molecule has 0 aliphatic carbocycles. The highest BCUT2D eigenvalue weighted by molar-refractivity contribution is 7.99. The summed E-state index contributed by atoms with van der Waals surface area (Å²) in [5, 5.41) is 12.5. The zero-order chi connectivity index (χ0) is 13.7. The van der Waals surface area contributed by atoms with E-state index in [1.807, 2.05) is 11.8 Å². The van der Waals surface area contributed by atoms with Crippen LogP contribution in [0.3, 0.4) is 0 Å². The van der Waals surface area contributed by atoms with Crippen LogP contribution < -0.4 is 5.32 Å². The first-order chi connectivity index (χ1) is 9.16. The van der Waals surface area contributed by atoms with Gasteiger partial charge in [-0.05, 0) is 18.2 Å². The summed E-state index contributed by atoms with van der Waals surface area (Å²) in [5.41, 5.74) is 0.316. The second-order valence-electron chi connectivity index (χ2n) is 4.37. The van der Waals surface area contributed by atoms with E-state index in [4.69, 9.17) is 11.6 Å². The van der Waals surface area contributed by atoms with Gasteiger partial charge in [0, 0.05) is 37.7 Å². The van der Waals surface area contributed by atoms with Crippen LogP contribution >= 0.6 is 23.4 Å². The minimum Gasteiger partial charge on any atom is -0.508 e. The van der Waals surface area contributed by atoms with Crippen LogP contribution in [0.25, 0.3) is 0 Å². The van der Waals surface area contributed by atoms with Gasteiger partial charge in [0.25, 0.3) is 5.91 Å². The molecular formula is C13H17ClN2O2S. The van der Waals surface area contributed by atoms with Crippen molar-refractivity contribution in [1.82, 2.24) is 10.2 Å². The summed E-state index contributed by atoms with van der Waals surface area (Å²) >= 11 is 7.90. The van der Waals surface area contributed by atoms with Crippen molar-refractivity contribution in [3.63, 3.8) is 0 Å². The average Bonchev–Trinajstić information content (AvgIpc) is 2.42. The number of nitrogens with zero attached hydrogens (tertiary/aromatic N) is 1. The molecule has 1 aromatic carbocycles. The maximum atomic E-state index is 11.9. The van der Waals surface area contributed by atoms with E-state index in [2.05, 4.69) is 10.2 Å². The smallest absolute Gasteiger partial charge is 0.252 e. The lowest BCUT2D eigenvalue weighted by Crippen LogP contribution is -2.39. The number of carbonyl (C=O) groups is 1. The van der Waals surface area contributed by atoms with E-state index in [1.54, 1.807) is 0 Å². The standard InChI is InChI=1S/C13H17ClN2O2S/c14-12-2-1-10(17)9-11(12)13(18)15-3-4-16-5-7-19-8-6-16/h1-2,9,17H,3-8H2,(H,15,18). The van der Waals surface area contributed by atoms with Gasteiger partial charge in [-0.2, -0.15) is 11.8 Å². The number of hydrogen-bond donors (Lipinski definition) is 2. The maximum absolute atomic E-state index is 11.9. The van der Waals surface area contributed by atoms with Gasteiger partial charge >= 0.3 is 0 Å². The molecule has 1 fully saturated rings. The van der Waals surface area contributed by atoms with Crippen LogP contribution in [0.2, 0.25) is 5.02 Å². The summed E-state index contributed by atoms with van der Waals surface area (Å²) in [6.45, 7) is 3.60. The minimum absolute atomic E-state index is 0.0441. The number of rotatable bonds is 4. The Morgan fingerprint density at radius 2 is 2.16 bits per heavy atom. The zero-order valence-electron chi connectivity index (χ0n) is 10.6. The third-order valence-electron chi connectivity index (χ3n) is 3.01. The average molecular weight is 301 g/mol. The normalized spacial score (nSPS) is 16.3. The van der Waals surface area contributed by atoms with Crippen molar-refractivity contribution in [1.29, 1.82) is 0 Å². The van der Waals surface area contributed by atoms with Crippen LogP contribution in [0, 0.1) is 0 Å². The van der Waals surface area contributed by atoms with Gasteiger partial charge in [0.05, 0.1) is 10.6 Å². The van der Waals surface area contributed by atoms with Crippen LogP contribution in [0.1, 0.15) is 10.4 Å². The topological polar surface area (TPSA) is 52.6 Å². The molecule has 2 rings (SSSR count). The summed E-state index contributed by atoms with van der Waals surface area (Å²) in [6.07, 6.45) is 0. The molecule has 0 spiro atoms. The quantitative estimate of drug-likeness (QED) is 0.891. The molecule has 1 saturated heterocycles. The Labute approximate surface area is 122 Å². The number of phenolic OH excluding ortho intramolecular Hbond substituents is 1. The number of carbonyl (C=O) groups excluding carboxylic acids is 1. The third kappa shape index (κ3) is 4.30. The van der Waals surface area contributed by atoms with Crippen molar-refractivity contribution in [2.24, 2.45) is 0 Å². The second-order valence-corrected chi connectivity index (χ2v) is 6.01. The van der Waals surface area contributed by atoms with Gasteiger partial charge in [0.15, 0.2) is 0 Å². The van der Waals surface area contributed by atoms with Crippen molar-refractivity contribution < 1.29 is 9.90 Å². The molecule has 0 bridgehead atoms. The maximum Gasteiger partial charge on any atom is 0.252 e. The number of benzene rings is 1. The molecule has 6 heteroatoms. The highest BCUT2D eigenvalue weighted by Crippen LogP contribution is 2.20. The molecule has 0 saturated carbocycles. The van der Waals surface area contributed by atoms with Crippen molar-refractivity contribution in [2.45, 2.75) is 0 Å². The number of aromatic hydroxyl groups is 1. The molecular weight excluding hydrogens is 284 g/mol. The van der Waals surface area contributed by atoms with Crippen LogP contribution in [0.4, 0.5) is 0 Å². The first-order valence-electron chi connectivity index (χ1n) is 6.23. The predicted molar refractivity (Wildman–Crippen MR) is 79.2 cm³/mol. The number of amides is 1. The summed E-state index contributed by atoms with van der Waals surface area (Å²) < 4.78 is 0. The van der Waals surface area contributed by atoms with Gasteiger partial charge in [0.2, 0.25) is 0 Å². The molecule has 1 heterocycles. The van der Waals surface area contributed by atoms with Gasteiger partial charge in [-0.25, -0.2) is 0 Å². The summed E-state index contributed by atoms with van der Waals surface area (Å²) in [5.74, 6) is 2.12. The Kier molecular flexibility index (Phi) is 5.36. The van der Waals surface area contributed by atoms with E-state index in [0.29, 0.717) is 17.1 Å². The molecule has 1 aliphatic rings. The molecule has 1 amide bonds. The van der Waals surface area contributed by atoms with E-state index in [9.17, 15) is 9.90 Å². The highest BCUT2D eigenvalue weighted by Gasteiger charge is 2.13. The fourth-order valence-electron chi connectivity index (χ4n) is 1.93. The molecule has 1 aliphatic heterocycles. The van der Waals surface area contributed by atoms with E-state index in [0.717, 1.165) is 31.1 Å². The predicted octanol–water partition coefficient (Wildman–Crippen LogP) is 1.82. The number of phenols is 1. The number of nitrogens with one attached hydrogen (secondary N) is 1. The third-order valence-corrected chi connectivity index (χ3v) is 4.28. The zero-order valence-corrected chi connectivity index (χ0v) is 12.1. The Morgan fingerprint density at radius 3 is 2.89 bits per heavy atom. The lowest BCUT2D eigenvalue weighted by molar-refractivity contribution is 0.0948. The molecule has 19 heavy (non-hydrogen) atoms. The lowest BCUT2D eigenvalue weighted by atomic mass is 10.2. The van der Waals surface area contributed by atoms with Gasteiger partial charge < -0.3 is 10.4 Å². The molecule has 104 valence electrons. The molecule has 4 nitrogen and oxygen atoms in total. The first-order valence-corrected chi connectivity index (χ1v) is 7.77. The molecule has 2 N–H and O–H groups in total. The molecule has 1 aromatic rings. The van der Waals surface area contributed by atoms with Gasteiger partial charge in [-0.15, -0.1) is 0 Å². The Balaban J connectivity index is 1.82. The number of hydrogen-bond acceptors (Lipinski definition) is 4. The SMILES string of the molecule is O=C(NCCN1CCSCC1)c1cc(O)ccc1Cl. The molecule has 0 aromatic heterocycles. The van der Waals surface area contributed by atoms with Gasteiger partial charge in [-0.1, -0.05) is 11.6 Å². The Hall–Kier alpha value is -0.910. The number of halogens is 1. The van der Waals surface area contributed by atoms with Crippen molar-refractivity contribution in [3.8, 4) is 5.75 Å². The largest absolute Gasteiger partial charge is 0.508 e. The van der Waals surface area contributed by atoms with Gasteiger partial charge in [-0.3, -0.25) is 9.69 Å². The van der Waals surface area contributed by atoms with E-state index < -0.39 is 0 Å². The van der Waals surface area contributed by atoms with Crippen LogP contribution in [0.15, 0.2) is 18.2 Å².